The lowest BCUT2D eigenvalue weighted by molar-refractivity contribution is -0.121. The Morgan fingerprint density at radius 3 is 2.80 bits per heavy atom. The molecule has 20 heavy (non-hydrogen) atoms. The highest BCUT2D eigenvalue weighted by atomic mass is 79.9. The van der Waals surface area contributed by atoms with E-state index in [4.69, 9.17) is 4.42 Å². The molecule has 0 saturated heterocycles. The van der Waals surface area contributed by atoms with Crippen LogP contribution in [0.5, 0.6) is 0 Å². The van der Waals surface area contributed by atoms with Crippen molar-refractivity contribution in [3.05, 3.63) is 40.8 Å². The fraction of sp³-hybridized carbons (Fsp3) is 0.333. The lowest BCUT2D eigenvalue weighted by atomic mass is 10.2. The molecule has 4 nitrogen and oxygen atoms in total. The smallest absolute Gasteiger partial charge is 0.220 e. The highest BCUT2D eigenvalue weighted by Gasteiger charge is 2.23. The number of carbonyl (C=O) groups is 1. The molecule has 1 N–H and O–H groups in total. The van der Waals surface area contributed by atoms with Gasteiger partial charge in [0.25, 0.3) is 0 Å². The molecule has 0 atom stereocenters. The normalized spacial score (nSPS) is 14.2. The van der Waals surface area contributed by atoms with Gasteiger partial charge in [0.1, 0.15) is 0 Å². The Bertz CT molecular complexity index is 603. The molecule has 0 spiro atoms. The second-order valence-corrected chi connectivity index (χ2v) is 5.88. The van der Waals surface area contributed by atoms with Crippen molar-refractivity contribution in [3.63, 3.8) is 0 Å². The molecule has 1 amide bonds. The lowest BCUT2D eigenvalue weighted by Gasteiger charge is -2.00. The van der Waals surface area contributed by atoms with Gasteiger partial charge in [-0.3, -0.25) is 4.79 Å². The van der Waals surface area contributed by atoms with E-state index >= 15 is 0 Å². The van der Waals surface area contributed by atoms with Gasteiger partial charge in [0.15, 0.2) is 11.7 Å². The highest BCUT2D eigenvalue weighted by molar-refractivity contribution is 9.10. The zero-order valence-corrected chi connectivity index (χ0v) is 12.5. The zero-order valence-electron chi connectivity index (χ0n) is 10.9. The maximum absolute atomic E-state index is 11.6. The molecule has 1 fully saturated rings. The molecule has 0 unspecified atom stereocenters. The number of carbonyl (C=O) groups excluding carboxylic acids is 1. The van der Waals surface area contributed by atoms with Crippen molar-refractivity contribution in [1.29, 1.82) is 0 Å². The quantitative estimate of drug-likeness (QED) is 0.912. The Balaban J connectivity index is 1.58. The first kappa shape index (κ1) is 13.4. The maximum Gasteiger partial charge on any atom is 0.220 e. The summed E-state index contributed by atoms with van der Waals surface area (Å²) in [7, 11) is 0. The fourth-order valence-corrected chi connectivity index (χ4v) is 2.19. The first-order chi connectivity index (χ1) is 9.70. The van der Waals surface area contributed by atoms with Gasteiger partial charge in [-0.2, -0.15) is 0 Å². The van der Waals surface area contributed by atoms with Crippen molar-refractivity contribution in [1.82, 2.24) is 10.3 Å². The number of nitrogens with one attached hydrogen (secondary N) is 1. The molecule has 5 heteroatoms. The van der Waals surface area contributed by atoms with E-state index in [1.165, 1.54) is 0 Å². The van der Waals surface area contributed by atoms with E-state index < -0.39 is 0 Å². The van der Waals surface area contributed by atoms with E-state index in [0.29, 0.717) is 24.8 Å². The summed E-state index contributed by atoms with van der Waals surface area (Å²) in [6, 6.07) is 8.26. The molecule has 1 aliphatic rings. The number of hydrogen-bond acceptors (Lipinski definition) is 3. The molecular formula is C15H15BrN2O2. The van der Waals surface area contributed by atoms with Gasteiger partial charge in [-0.1, -0.05) is 28.1 Å². The molecule has 3 rings (SSSR count). The van der Waals surface area contributed by atoms with Gasteiger partial charge in [-0.05, 0) is 25.0 Å². The standard InChI is InChI=1S/C15H15BrN2O2/c16-11-3-1-10(2-4-11)13-9-17-15(20-13)8-7-14(19)18-12-5-6-12/h1-4,9,12H,5-8H2,(H,18,19). The highest BCUT2D eigenvalue weighted by Crippen LogP contribution is 2.23. The van der Waals surface area contributed by atoms with Crippen LogP contribution in [0.25, 0.3) is 11.3 Å². The summed E-state index contributed by atoms with van der Waals surface area (Å²) in [5, 5.41) is 2.96. The van der Waals surface area contributed by atoms with Crippen LogP contribution < -0.4 is 5.32 Å². The number of aromatic nitrogens is 1. The van der Waals surface area contributed by atoms with Crippen LogP contribution in [0.2, 0.25) is 0 Å². The average Bonchev–Trinajstić information content (AvgIpc) is 3.12. The third kappa shape index (κ3) is 3.48. The van der Waals surface area contributed by atoms with Crippen molar-refractivity contribution in [2.24, 2.45) is 0 Å². The topological polar surface area (TPSA) is 55.1 Å². The first-order valence-corrected chi connectivity index (χ1v) is 7.50. The molecule has 0 bridgehead atoms. The van der Waals surface area contributed by atoms with E-state index in [-0.39, 0.29) is 5.91 Å². The molecule has 1 saturated carbocycles. The minimum Gasteiger partial charge on any atom is -0.441 e. The van der Waals surface area contributed by atoms with Crippen LogP contribution in [0.3, 0.4) is 0 Å². The Hall–Kier alpha value is -1.62. The van der Waals surface area contributed by atoms with Crippen molar-refractivity contribution < 1.29 is 9.21 Å². The number of aryl methyl sites for hydroxylation is 1. The predicted octanol–water partition coefficient (Wildman–Crippen LogP) is 3.32. The molecule has 1 aliphatic carbocycles. The monoisotopic (exact) mass is 334 g/mol. The van der Waals surface area contributed by atoms with Crippen molar-refractivity contribution >= 4 is 21.8 Å². The van der Waals surface area contributed by atoms with Gasteiger partial charge in [0, 0.05) is 28.9 Å². The number of halogens is 1. The number of rotatable bonds is 5. The maximum atomic E-state index is 11.6. The molecular weight excluding hydrogens is 320 g/mol. The first-order valence-electron chi connectivity index (χ1n) is 6.71. The summed E-state index contributed by atoms with van der Waals surface area (Å²) in [5.74, 6) is 1.42. The van der Waals surface area contributed by atoms with Crippen molar-refractivity contribution in [2.75, 3.05) is 0 Å². The van der Waals surface area contributed by atoms with E-state index in [0.717, 1.165) is 28.6 Å². The predicted molar refractivity (Wildman–Crippen MR) is 79.1 cm³/mol. The van der Waals surface area contributed by atoms with Gasteiger partial charge < -0.3 is 9.73 Å². The number of benzene rings is 1. The molecule has 0 aliphatic heterocycles. The molecule has 1 aromatic heterocycles. The van der Waals surface area contributed by atoms with Gasteiger partial charge in [-0.25, -0.2) is 4.98 Å². The minimum absolute atomic E-state index is 0.0795. The van der Waals surface area contributed by atoms with Crippen LogP contribution in [0.1, 0.15) is 25.2 Å². The number of oxazole rings is 1. The number of nitrogens with zero attached hydrogens (tertiary/aromatic N) is 1. The summed E-state index contributed by atoms with van der Waals surface area (Å²) in [6.07, 6.45) is 4.89. The average molecular weight is 335 g/mol. The lowest BCUT2D eigenvalue weighted by Crippen LogP contribution is -2.25. The largest absolute Gasteiger partial charge is 0.441 e. The minimum atomic E-state index is 0.0795. The molecule has 0 radical (unpaired) electrons. The summed E-state index contributed by atoms with van der Waals surface area (Å²) in [5.41, 5.74) is 0.981. The summed E-state index contributed by atoms with van der Waals surface area (Å²) < 4.78 is 6.70. The molecule has 2 aromatic rings. The Morgan fingerprint density at radius 1 is 1.35 bits per heavy atom. The third-order valence-corrected chi connectivity index (χ3v) is 3.72. The van der Waals surface area contributed by atoms with Crippen LogP contribution in [0.4, 0.5) is 0 Å². The van der Waals surface area contributed by atoms with Gasteiger partial charge >= 0.3 is 0 Å². The van der Waals surface area contributed by atoms with E-state index in [1.54, 1.807) is 6.20 Å². The van der Waals surface area contributed by atoms with Gasteiger partial charge in [0.2, 0.25) is 5.91 Å². The zero-order chi connectivity index (χ0) is 13.9. The summed E-state index contributed by atoms with van der Waals surface area (Å²) in [6.45, 7) is 0. The van der Waals surface area contributed by atoms with Crippen LogP contribution in [0.15, 0.2) is 39.4 Å². The summed E-state index contributed by atoms with van der Waals surface area (Å²) in [4.78, 5) is 15.8. The van der Waals surface area contributed by atoms with E-state index in [2.05, 4.69) is 26.2 Å². The van der Waals surface area contributed by atoms with E-state index in [9.17, 15) is 4.79 Å². The number of hydrogen-bond donors (Lipinski definition) is 1. The van der Waals surface area contributed by atoms with Gasteiger partial charge in [-0.15, -0.1) is 0 Å². The molecule has 1 heterocycles. The number of amides is 1. The van der Waals surface area contributed by atoms with Crippen molar-refractivity contribution in [3.8, 4) is 11.3 Å². The van der Waals surface area contributed by atoms with Crippen LogP contribution in [0, 0.1) is 0 Å². The Kier molecular flexibility index (Phi) is 3.87. The third-order valence-electron chi connectivity index (χ3n) is 3.19. The van der Waals surface area contributed by atoms with Crippen LogP contribution in [-0.4, -0.2) is 16.9 Å². The Morgan fingerprint density at radius 2 is 2.10 bits per heavy atom. The summed E-state index contributed by atoms with van der Waals surface area (Å²) >= 11 is 3.40. The van der Waals surface area contributed by atoms with E-state index in [1.807, 2.05) is 24.3 Å². The second-order valence-electron chi connectivity index (χ2n) is 4.97. The molecule has 1 aromatic carbocycles. The fourth-order valence-electron chi connectivity index (χ4n) is 1.92. The Labute approximate surface area is 125 Å². The second kappa shape index (κ2) is 5.79. The SMILES string of the molecule is O=C(CCc1ncc(-c2ccc(Br)cc2)o1)NC1CC1. The molecule has 104 valence electrons. The van der Waals surface area contributed by atoms with Gasteiger partial charge in [0.05, 0.1) is 6.20 Å². The van der Waals surface area contributed by atoms with Crippen LogP contribution in [-0.2, 0) is 11.2 Å². The van der Waals surface area contributed by atoms with Crippen LogP contribution >= 0.6 is 15.9 Å². The van der Waals surface area contributed by atoms with Crippen molar-refractivity contribution in [2.45, 2.75) is 31.7 Å².